The van der Waals surface area contributed by atoms with Crippen molar-refractivity contribution < 1.29 is 19.4 Å². The Morgan fingerprint density at radius 3 is 2.23 bits per heavy atom. The van der Waals surface area contributed by atoms with Gasteiger partial charge in [0.2, 0.25) is 0 Å². The minimum absolute atomic E-state index is 0.0461. The van der Waals surface area contributed by atoms with Crippen LogP contribution in [0.4, 0.5) is 27.5 Å². The number of carbonyl (C=O) groups is 1. The predicted octanol–water partition coefficient (Wildman–Crippen LogP) is 4.46. The number of anilines is 2. The number of non-ortho nitro benzene ring substituents is 2. The van der Waals surface area contributed by atoms with Crippen molar-refractivity contribution >= 4 is 28.8 Å². The van der Waals surface area contributed by atoms with E-state index < -0.39 is 16.6 Å². The largest absolute Gasteiger partial charge is 0.443 e. The number of nitro benzene ring substituents is 2. The number of rotatable bonds is 2. The highest BCUT2D eigenvalue weighted by molar-refractivity contribution is 5.90. The van der Waals surface area contributed by atoms with E-state index in [1.165, 1.54) is 23.1 Å². The summed E-state index contributed by atoms with van der Waals surface area (Å²) in [6.07, 6.45) is 1.08. The molecule has 1 amide bonds. The van der Waals surface area contributed by atoms with Gasteiger partial charge < -0.3 is 10.1 Å². The Hall–Kier alpha value is -3.69. The summed E-state index contributed by atoms with van der Waals surface area (Å²) in [4.78, 5) is 33.8. The molecule has 0 fully saturated rings. The van der Waals surface area contributed by atoms with Crippen LogP contribution in [-0.4, -0.2) is 34.6 Å². The van der Waals surface area contributed by atoms with Crippen molar-refractivity contribution in [2.75, 3.05) is 23.3 Å². The van der Waals surface area contributed by atoms with Gasteiger partial charge in [-0.05, 0) is 56.9 Å². The van der Waals surface area contributed by atoms with E-state index in [-0.39, 0.29) is 16.3 Å². The summed E-state index contributed by atoms with van der Waals surface area (Å²) in [6, 6.07) is 9.44. The first-order valence-electron chi connectivity index (χ1n) is 9.84. The second-order valence-corrected chi connectivity index (χ2v) is 8.23. The topological polar surface area (TPSA) is 128 Å². The lowest BCUT2D eigenvalue weighted by Crippen LogP contribution is -2.35. The van der Waals surface area contributed by atoms with Crippen molar-refractivity contribution in [3.8, 4) is 0 Å². The van der Waals surface area contributed by atoms with Gasteiger partial charge >= 0.3 is 6.09 Å². The molecule has 4 rings (SSSR count). The van der Waals surface area contributed by atoms with Crippen LogP contribution < -0.4 is 10.2 Å². The summed E-state index contributed by atoms with van der Waals surface area (Å²) in [7, 11) is 0. The zero-order chi connectivity index (χ0) is 22.8. The van der Waals surface area contributed by atoms with E-state index in [1.807, 2.05) is 0 Å². The average molecular weight is 428 g/mol. The highest BCUT2D eigenvalue weighted by atomic mass is 16.6. The Bertz CT molecular complexity index is 1030. The number of carbonyl (C=O) groups excluding carboxylic acids is 1. The van der Waals surface area contributed by atoms with Gasteiger partial charge in [0.05, 0.1) is 15.5 Å². The number of hydrogen-bond acceptors (Lipinski definition) is 7. The zero-order valence-corrected chi connectivity index (χ0v) is 17.6. The van der Waals surface area contributed by atoms with E-state index in [1.54, 1.807) is 39.0 Å². The summed E-state index contributed by atoms with van der Waals surface area (Å²) in [5.74, 6) is 0. The number of nitrogens with one attached hydrogen (secondary N) is 1. The minimum atomic E-state index is -0.555. The van der Waals surface area contributed by atoms with Crippen molar-refractivity contribution in [1.82, 2.24) is 0 Å². The quantitative estimate of drug-likeness (QED) is 0.552. The second kappa shape index (κ2) is 8.58. The number of hydrogen-bond donors (Lipinski definition) is 1. The SMILES string of the molecule is CC(C)(C)OC(=O)N1CCc2cc([N+](=O)[O-])ccc21.O=[N+]([O-])c1ccc2c(c1)CCN2. The predicted molar refractivity (Wildman–Crippen MR) is 116 cm³/mol. The third kappa shape index (κ3) is 5.27. The number of benzene rings is 2. The van der Waals surface area contributed by atoms with Crippen molar-refractivity contribution in [2.24, 2.45) is 0 Å². The van der Waals surface area contributed by atoms with Gasteiger partial charge in [-0.3, -0.25) is 25.1 Å². The molecule has 0 aromatic heterocycles. The molecule has 0 spiro atoms. The van der Waals surface area contributed by atoms with E-state index >= 15 is 0 Å². The molecule has 164 valence electrons. The Kier molecular flexibility index (Phi) is 6.09. The summed E-state index contributed by atoms with van der Waals surface area (Å²) in [6.45, 7) is 6.79. The van der Waals surface area contributed by atoms with Gasteiger partial charge in [-0.15, -0.1) is 0 Å². The van der Waals surface area contributed by atoms with E-state index in [0.717, 1.165) is 29.8 Å². The van der Waals surface area contributed by atoms with Crippen LogP contribution in [0.5, 0.6) is 0 Å². The maximum atomic E-state index is 12.0. The Labute approximate surface area is 179 Å². The van der Waals surface area contributed by atoms with Crippen LogP contribution in [0.1, 0.15) is 31.9 Å². The lowest BCUT2D eigenvalue weighted by molar-refractivity contribution is -0.385. The maximum absolute atomic E-state index is 12.0. The fourth-order valence-corrected chi connectivity index (χ4v) is 3.41. The first kappa shape index (κ1) is 22.0. The van der Waals surface area contributed by atoms with E-state index in [2.05, 4.69) is 5.32 Å². The van der Waals surface area contributed by atoms with E-state index in [0.29, 0.717) is 18.7 Å². The van der Waals surface area contributed by atoms with Crippen molar-refractivity contribution in [2.45, 2.75) is 39.2 Å². The highest BCUT2D eigenvalue weighted by Gasteiger charge is 2.29. The van der Waals surface area contributed by atoms with E-state index in [4.69, 9.17) is 4.74 Å². The maximum Gasteiger partial charge on any atom is 0.414 e. The molecule has 0 unspecified atom stereocenters. The monoisotopic (exact) mass is 428 g/mol. The van der Waals surface area contributed by atoms with Crippen molar-refractivity contribution in [3.63, 3.8) is 0 Å². The molecule has 10 heteroatoms. The second-order valence-electron chi connectivity index (χ2n) is 8.23. The number of fused-ring (bicyclic) bond motifs is 2. The Morgan fingerprint density at radius 2 is 1.61 bits per heavy atom. The first-order chi connectivity index (χ1) is 14.5. The Balaban J connectivity index is 0.000000194. The summed E-state index contributed by atoms with van der Waals surface area (Å²) >= 11 is 0. The van der Waals surface area contributed by atoms with Crippen LogP contribution in [0.2, 0.25) is 0 Å². The number of amides is 1. The molecule has 2 heterocycles. The molecule has 2 aromatic rings. The number of nitrogens with zero attached hydrogens (tertiary/aromatic N) is 3. The lowest BCUT2D eigenvalue weighted by Gasteiger charge is -2.24. The molecule has 0 radical (unpaired) electrons. The molecular weight excluding hydrogens is 404 g/mol. The van der Waals surface area contributed by atoms with Crippen LogP contribution in [-0.2, 0) is 17.6 Å². The number of nitro groups is 2. The van der Waals surface area contributed by atoms with Gasteiger partial charge in [-0.1, -0.05) is 0 Å². The van der Waals surface area contributed by atoms with E-state index in [9.17, 15) is 25.0 Å². The number of ether oxygens (including phenoxy) is 1. The molecule has 0 saturated carbocycles. The van der Waals surface area contributed by atoms with Gasteiger partial charge in [0.1, 0.15) is 5.60 Å². The molecule has 1 N–H and O–H groups in total. The normalized spacial score (nSPS) is 14.0. The summed E-state index contributed by atoms with van der Waals surface area (Å²) in [5.41, 5.74) is 3.24. The fraction of sp³-hybridized carbons (Fsp3) is 0.381. The van der Waals surface area contributed by atoms with Crippen LogP contribution in [0.3, 0.4) is 0 Å². The molecule has 2 aliphatic rings. The summed E-state index contributed by atoms with van der Waals surface area (Å²) in [5, 5.41) is 24.2. The summed E-state index contributed by atoms with van der Waals surface area (Å²) < 4.78 is 5.31. The molecule has 0 aliphatic carbocycles. The smallest absolute Gasteiger partial charge is 0.414 e. The molecule has 0 atom stereocenters. The first-order valence-corrected chi connectivity index (χ1v) is 9.84. The lowest BCUT2D eigenvalue weighted by atomic mass is 10.1. The molecule has 31 heavy (non-hydrogen) atoms. The molecular formula is C21H24N4O6. The average Bonchev–Trinajstić information content (AvgIpc) is 3.32. The van der Waals surface area contributed by atoms with Crippen LogP contribution in [0.15, 0.2) is 36.4 Å². The third-order valence-corrected chi connectivity index (χ3v) is 4.79. The molecule has 10 nitrogen and oxygen atoms in total. The minimum Gasteiger partial charge on any atom is -0.443 e. The van der Waals surface area contributed by atoms with Crippen LogP contribution in [0, 0.1) is 20.2 Å². The van der Waals surface area contributed by atoms with Gasteiger partial charge in [0.15, 0.2) is 0 Å². The Morgan fingerprint density at radius 1 is 1.00 bits per heavy atom. The fourth-order valence-electron chi connectivity index (χ4n) is 3.41. The molecule has 2 aromatic carbocycles. The van der Waals surface area contributed by atoms with Crippen molar-refractivity contribution in [3.05, 3.63) is 67.8 Å². The molecule has 0 bridgehead atoms. The van der Waals surface area contributed by atoms with Crippen LogP contribution in [0.25, 0.3) is 0 Å². The van der Waals surface area contributed by atoms with Crippen molar-refractivity contribution in [1.29, 1.82) is 0 Å². The molecule has 0 saturated heterocycles. The third-order valence-electron chi connectivity index (χ3n) is 4.79. The molecule has 2 aliphatic heterocycles. The zero-order valence-electron chi connectivity index (χ0n) is 17.6. The highest BCUT2D eigenvalue weighted by Crippen LogP contribution is 2.32. The van der Waals surface area contributed by atoms with Gasteiger partial charge in [-0.25, -0.2) is 4.79 Å². The van der Waals surface area contributed by atoms with Gasteiger partial charge in [0.25, 0.3) is 11.4 Å². The van der Waals surface area contributed by atoms with Crippen LogP contribution >= 0.6 is 0 Å². The standard InChI is InChI=1S/C13H16N2O4.C8H8N2O2/c1-13(2,3)19-12(16)14-7-6-9-8-10(15(17)18)4-5-11(9)14;11-10(12)7-1-2-8-6(5-7)3-4-9-8/h4-5,8H,6-7H2,1-3H3;1-2,5,9H,3-4H2. The van der Waals surface area contributed by atoms with Gasteiger partial charge in [0, 0.05) is 43.0 Å². The van der Waals surface area contributed by atoms with Gasteiger partial charge in [-0.2, -0.15) is 0 Å².